The quantitative estimate of drug-likeness (QED) is 0.579. The number of carbonyl (C=O) groups is 1. The molecule has 1 amide bonds. The van der Waals surface area contributed by atoms with E-state index in [9.17, 15) is 4.79 Å². The van der Waals surface area contributed by atoms with Gasteiger partial charge in [-0.15, -0.1) is 0 Å². The van der Waals surface area contributed by atoms with E-state index in [0.29, 0.717) is 6.42 Å². The minimum absolute atomic E-state index is 0.00916. The van der Waals surface area contributed by atoms with Gasteiger partial charge < -0.3 is 5.32 Å². The molecular weight excluding hydrogens is 342 g/mol. The number of amides is 1. The molecule has 3 aromatic rings. The maximum absolute atomic E-state index is 12.5. The Labute approximate surface area is 168 Å². The van der Waals surface area contributed by atoms with Crippen molar-refractivity contribution in [2.75, 3.05) is 0 Å². The summed E-state index contributed by atoms with van der Waals surface area (Å²) in [5.41, 5.74) is 5.93. The lowest BCUT2D eigenvalue weighted by Gasteiger charge is -2.20. The zero-order valence-electron chi connectivity index (χ0n) is 17.2. The number of nitrogens with one attached hydrogen (secondary N) is 1. The number of benzene rings is 3. The van der Waals surface area contributed by atoms with E-state index in [0.717, 1.165) is 16.7 Å². The second kappa shape index (κ2) is 8.43. The molecule has 0 aliphatic heterocycles. The Morgan fingerprint density at radius 2 is 1.39 bits per heavy atom. The van der Waals surface area contributed by atoms with Crippen molar-refractivity contribution in [3.05, 3.63) is 95.6 Å². The highest BCUT2D eigenvalue weighted by Gasteiger charge is 2.15. The fourth-order valence-corrected chi connectivity index (χ4v) is 3.28. The second-order valence-electron chi connectivity index (χ2n) is 8.40. The molecule has 28 heavy (non-hydrogen) atoms. The molecule has 144 valence electrons. The molecule has 0 saturated carbocycles. The van der Waals surface area contributed by atoms with Crippen LogP contribution in [0.4, 0.5) is 0 Å². The molecule has 0 aliphatic carbocycles. The Balaban J connectivity index is 1.59. The molecule has 2 heteroatoms. The van der Waals surface area contributed by atoms with Crippen LogP contribution >= 0.6 is 0 Å². The van der Waals surface area contributed by atoms with Crippen molar-refractivity contribution in [2.45, 2.75) is 45.6 Å². The molecule has 0 aromatic heterocycles. The van der Waals surface area contributed by atoms with Crippen LogP contribution < -0.4 is 5.32 Å². The molecule has 2 nitrogen and oxygen atoms in total. The lowest BCUT2D eigenvalue weighted by atomic mass is 9.86. The van der Waals surface area contributed by atoms with E-state index in [1.165, 1.54) is 11.1 Å². The first-order valence-corrected chi connectivity index (χ1v) is 9.87. The summed E-state index contributed by atoms with van der Waals surface area (Å²) in [5.74, 6) is 0.0415. The highest BCUT2D eigenvalue weighted by Crippen LogP contribution is 2.24. The smallest absolute Gasteiger partial charge is 0.224 e. The van der Waals surface area contributed by atoms with Gasteiger partial charge in [0.1, 0.15) is 0 Å². The molecule has 0 bridgehead atoms. The zero-order valence-corrected chi connectivity index (χ0v) is 17.2. The van der Waals surface area contributed by atoms with Crippen LogP contribution in [-0.2, 0) is 16.6 Å². The van der Waals surface area contributed by atoms with E-state index < -0.39 is 0 Å². The lowest BCUT2D eigenvalue weighted by Crippen LogP contribution is -2.28. The van der Waals surface area contributed by atoms with Crippen molar-refractivity contribution in [1.82, 2.24) is 5.32 Å². The summed E-state index contributed by atoms with van der Waals surface area (Å²) in [7, 11) is 0. The average Bonchev–Trinajstić information content (AvgIpc) is 2.68. The van der Waals surface area contributed by atoms with Gasteiger partial charge in [-0.3, -0.25) is 4.79 Å². The zero-order chi connectivity index (χ0) is 20.1. The summed E-state index contributed by atoms with van der Waals surface area (Å²) in [5, 5.41) is 3.11. The van der Waals surface area contributed by atoms with Crippen LogP contribution in [0.5, 0.6) is 0 Å². The molecule has 0 radical (unpaired) electrons. The van der Waals surface area contributed by atoms with Crippen LogP contribution in [0.25, 0.3) is 11.1 Å². The second-order valence-corrected chi connectivity index (χ2v) is 8.40. The molecule has 0 aliphatic rings. The molecule has 3 rings (SSSR count). The number of hydrogen-bond acceptors (Lipinski definition) is 1. The van der Waals surface area contributed by atoms with Gasteiger partial charge in [-0.1, -0.05) is 99.6 Å². The van der Waals surface area contributed by atoms with Crippen molar-refractivity contribution < 1.29 is 4.79 Å². The maximum atomic E-state index is 12.5. The van der Waals surface area contributed by atoms with E-state index >= 15 is 0 Å². The topological polar surface area (TPSA) is 29.1 Å². The number of hydrogen-bond donors (Lipinski definition) is 1. The molecule has 1 N–H and O–H groups in total. The van der Waals surface area contributed by atoms with Gasteiger partial charge in [-0.25, -0.2) is 0 Å². The molecule has 3 aromatic carbocycles. The van der Waals surface area contributed by atoms with Crippen molar-refractivity contribution in [1.29, 1.82) is 0 Å². The fraction of sp³-hybridized carbons (Fsp3) is 0.269. The van der Waals surface area contributed by atoms with Crippen LogP contribution in [0, 0.1) is 0 Å². The Kier molecular flexibility index (Phi) is 5.99. The van der Waals surface area contributed by atoms with Gasteiger partial charge in [0.05, 0.1) is 12.5 Å². The van der Waals surface area contributed by atoms with Crippen molar-refractivity contribution in [2.24, 2.45) is 0 Å². The van der Waals surface area contributed by atoms with E-state index in [1.807, 2.05) is 37.3 Å². The monoisotopic (exact) mass is 371 g/mol. The highest BCUT2D eigenvalue weighted by molar-refractivity contribution is 5.79. The van der Waals surface area contributed by atoms with Crippen LogP contribution in [-0.4, -0.2) is 5.91 Å². The molecule has 0 saturated heterocycles. The third kappa shape index (κ3) is 5.10. The fourth-order valence-electron chi connectivity index (χ4n) is 3.28. The number of carbonyl (C=O) groups excluding carboxylic acids is 1. The molecular formula is C26H29NO. The summed E-state index contributed by atoms with van der Waals surface area (Å²) in [6, 6.07) is 27.0. The van der Waals surface area contributed by atoms with Crippen LogP contribution in [0.1, 0.15) is 50.4 Å². The minimum atomic E-state index is -0.00916. The lowest BCUT2D eigenvalue weighted by molar-refractivity contribution is -0.121. The van der Waals surface area contributed by atoms with Gasteiger partial charge in [0, 0.05) is 0 Å². The van der Waals surface area contributed by atoms with E-state index in [2.05, 4.69) is 74.6 Å². The molecule has 0 fully saturated rings. The predicted molar refractivity (Wildman–Crippen MR) is 117 cm³/mol. The molecule has 0 heterocycles. The van der Waals surface area contributed by atoms with Gasteiger partial charge in [0.25, 0.3) is 0 Å². The van der Waals surface area contributed by atoms with Gasteiger partial charge in [0.15, 0.2) is 0 Å². The van der Waals surface area contributed by atoms with Gasteiger partial charge >= 0.3 is 0 Å². The Morgan fingerprint density at radius 3 is 1.96 bits per heavy atom. The van der Waals surface area contributed by atoms with Gasteiger partial charge in [0.2, 0.25) is 5.91 Å². The van der Waals surface area contributed by atoms with E-state index in [1.54, 1.807) is 0 Å². The standard InChI is InChI=1S/C26H29NO/c1-19(21-14-16-24(17-15-21)26(2,3)4)27-25(28)18-20-10-12-23(13-11-20)22-8-6-5-7-9-22/h5-17,19H,18H2,1-4H3,(H,27,28). The van der Waals surface area contributed by atoms with Crippen molar-refractivity contribution in [3.63, 3.8) is 0 Å². The first-order chi connectivity index (χ1) is 13.3. The SMILES string of the molecule is CC(NC(=O)Cc1ccc(-c2ccccc2)cc1)c1ccc(C(C)(C)C)cc1. The van der Waals surface area contributed by atoms with Crippen molar-refractivity contribution >= 4 is 5.91 Å². The van der Waals surface area contributed by atoms with E-state index in [4.69, 9.17) is 0 Å². The Hall–Kier alpha value is -2.87. The van der Waals surface area contributed by atoms with Crippen LogP contribution in [0.2, 0.25) is 0 Å². The molecule has 0 spiro atoms. The van der Waals surface area contributed by atoms with Crippen LogP contribution in [0.3, 0.4) is 0 Å². The summed E-state index contributed by atoms with van der Waals surface area (Å²) >= 11 is 0. The molecule has 1 atom stereocenters. The maximum Gasteiger partial charge on any atom is 0.224 e. The minimum Gasteiger partial charge on any atom is -0.349 e. The average molecular weight is 372 g/mol. The first-order valence-electron chi connectivity index (χ1n) is 9.87. The largest absolute Gasteiger partial charge is 0.349 e. The Bertz CT molecular complexity index is 903. The third-order valence-corrected chi connectivity index (χ3v) is 5.08. The van der Waals surface area contributed by atoms with E-state index in [-0.39, 0.29) is 17.4 Å². The summed E-state index contributed by atoms with van der Waals surface area (Å²) < 4.78 is 0. The predicted octanol–water partition coefficient (Wildman–Crippen LogP) is 6.07. The highest BCUT2D eigenvalue weighted by atomic mass is 16.1. The summed E-state index contributed by atoms with van der Waals surface area (Å²) in [6.45, 7) is 8.64. The summed E-state index contributed by atoms with van der Waals surface area (Å²) in [4.78, 5) is 12.5. The molecule has 1 unspecified atom stereocenters. The first kappa shape index (κ1) is 19.9. The van der Waals surface area contributed by atoms with Crippen LogP contribution in [0.15, 0.2) is 78.9 Å². The Morgan fingerprint density at radius 1 is 0.821 bits per heavy atom. The normalized spacial score (nSPS) is 12.4. The van der Waals surface area contributed by atoms with Gasteiger partial charge in [-0.2, -0.15) is 0 Å². The number of rotatable bonds is 5. The van der Waals surface area contributed by atoms with Gasteiger partial charge in [-0.05, 0) is 40.2 Å². The summed E-state index contributed by atoms with van der Waals surface area (Å²) in [6.07, 6.45) is 0.388. The van der Waals surface area contributed by atoms with Crippen molar-refractivity contribution in [3.8, 4) is 11.1 Å². The third-order valence-electron chi connectivity index (χ3n) is 5.08.